The summed E-state index contributed by atoms with van der Waals surface area (Å²) in [4.78, 5) is 0. The van der Waals surface area contributed by atoms with Crippen molar-refractivity contribution < 1.29 is 4.39 Å². The lowest BCUT2D eigenvalue weighted by Gasteiger charge is -2.16. The van der Waals surface area contributed by atoms with E-state index >= 15 is 0 Å². The topological polar surface area (TPSA) is 0 Å². The van der Waals surface area contributed by atoms with Crippen LogP contribution in [0.5, 0.6) is 0 Å². The van der Waals surface area contributed by atoms with Gasteiger partial charge in [-0.3, -0.25) is 0 Å². The van der Waals surface area contributed by atoms with E-state index in [1.807, 2.05) is 0 Å². The van der Waals surface area contributed by atoms with Crippen molar-refractivity contribution in [2.45, 2.75) is 10.5 Å². The first-order valence-electron chi connectivity index (χ1n) is 3.48. The van der Waals surface area contributed by atoms with Crippen LogP contribution in [0.1, 0.15) is 5.56 Å². The molecule has 0 saturated heterocycles. The molecule has 0 unspecified atom stereocenters. The second kappa shape index (κ2) is 3.65. The van der Waals surface area contributed by atoms with Gasteiger partial charge in [0.25, 0.3) is 0 Å². The van der Waals surface area contributed by atoms with Crippen LogP contribution >= 0.6 is 15.9 Å². The summed E-state index contributed by atoms with van der Waals surface area (Å²) in [5.41, 5.74) is 0.901. The summed E-state index contributed by atoms with van der Waals surface area (Å²) in [6, 6.07) is 6.08. The Morgan fingerprint density at radius 3 is 2.17 bits per heavy atom. The van der Waals surface area contributed by atoms with Gasteiger partial charge in [-0.1, -0.05) is 12.1 Å². The van der Waals surface area contributed by atoms with Crippen molar-refractivity contribution in [3.63, 3.8) is 0 Å². The third-order valence-electron chi connectivity index (χ3n) is 1.39. The first-order chi connectivity index (χ1) is 5.47. The summed E-state index contributed by atoms with van der Waals surface area (Å²) >= 11 is 3.10. The van der Waals surface area contributed by atoms with Crippen LogP contribution in [0, 0.1) is 5.82 Å². The quantitative estimate of drug-likeness (QED) is 0.528. The molecule has 1 aromatic rings. The molecule has 0 amide bonds. The summed E-state index contributed by atoms with van der Waals surface area (Å²) in [6.45, 7) is 0. The Morgan fingerprint density at radius 1 is 1.25 bits per heavy atom. The molecule has 0 saturated carbocycles. The lowest BCUT2D eigenvalue weighted by atomic mass is 9.67. The van der Waals surface area contributed by atoms with Crippen LogP contribution in [-0.2, 0) is 6.42 Å². The third kappa shape index (κ3) is 3.44. The molecule has 0 N–H and O–H groups in total. The zero-order valence-electron chi connectivity index (χ0n) is 6.43. The predicted octanol–water partition coefficient (Wildman–Crippen LogP) is 1.75. The van der Waals surface area contributed by atoms with E-state index in [2.05, 4.69) is 15.9 Å². The van der Waals surface area contributed by atoms with Crippen molar-refractivity contribution in [1.82, 2.24) is 0 Å². The summed E-state index contributed by atoms with van der Waals surface area (Å²) in [5.74, 6) is -0.257. The fourth-order valence-electron chi connectivity index (χ4n) is 0.915. The second-order valence-electron chi connectivity index (χ2n) is 2.73. The molecule has 0 nitrogen and oxygen atoms in total. The molecule has 1 rings (SSSR count). The maximum atomic E-state index is 12.4. The van der Waals surface area contributed by atoms with Gasteiger partial charge in [-0.2, -0.15) is 0 Å². The van der Waals surface area contributed by atoms with Crippen molar-refractivity contribution in [3.05, 3.63) is 35.6 Å². The molecule has 0 aliphatic heterocycles. The Morgan fingerprint density at radius 2 is 1.75 bits per heavy atom. The van der Waals surface area contributed by atoms with Gasteiger partial charge in [-0.05, 0) is 28.2 Å². The SMILES string of the molecule is [B]C([B])(Br)Cc1ccc(F)cc1. The minimum absolute atomic E-state index is 0.257. The predicted molar refractivity (Wildman–Crippen MR) is 53.3 cm³/mol. The first kappa shape index (κ1) is 9.84. The molecule has 0 aromatic heterocycles. The molecule has 58 valence electrons. The highest BCUT2D eigenvalue weighted by Gasteiger charge is 2.11. The van der Waals surface area contributed by atoms with Gasteiger partial charge in [0.05, 0.1) is 15.7 Å². The molecular formula is C8H6B2BrF. The van der Waals surface area contributed by atoms with Gasteiger partial charge in [-0.25, -0.2) is 4.39 Å². The normalized spacial score (nSPS) is 11.5. The van der Waals surface area contributed by atoms with E-state index < -0.39 is 4.12 Å². The molecular weight excluding hydrogens is 217 g/mol. The number of alkyl halides is 1. The second-order valence-corrected chi connectivity index (χ2v) is 4.21. The zero-order valence-corrected chi connectivity index (χ0v) is 8.01. The molecule has 4 heteroatoms. The number of benzene rings is 1. The van der Waals surface area contributed by atoms with Crippen LogP contribution in [-0.4, -0.2) is 19.8 Å². The molecule has 0 heterocycles. The van der Waals surface area contributed by atoms with Gasteiger partial charge < -0.3 is 0 Å². The first-order valence-corrected chi connectivity index (χ1v) is 4.28. The summed E-state index contributed by atoms with van der Waals surface area (Å²) in [7, 11) is 11.0. The molecule has 12 heavy (non-hydrogen) atoms. The van der Waals surface area contributed by atoms with Crippen molar-refractivity contribution in [2.24, 2.45) is 0 Å². The molecule has 0 bridgehead atoms. The van der Waals surface area contributed by atoms with E-state index in [4.69, 9.17) is 15.7 Å². The van der Waals surface area contributed by atoms with E-state index in [0.29, 0.717) is 6.42 Å². The molecule has 0 fully saturated rings. The number of hydrogen-bond donors (Lipinski definition) is 0. The minimum atomic E-state index is -0.912. The van der Waals surface area contributed by atoms with Gasteiger partial charge in [-0.15, -0.1) is 15.9 Å². The van der Waals surface area contributed by atoms with E-state index in [1.165, 1.54) is 12.1 Å². The Balaban J connectivity index is 2.71. The highest BCUT2D eigenvalue weighted by molar-refractivity contribution is 9.11. The Bertz CT molecular complexity index is 253. The monoisotopic (exact) mass is 222 g/mol. The Labute approximate surface area is 82.5 Å². The summed E-state index contributed by atoms with van der Waals surface area (Å²) in [5, 5.41) is 0. The van der Waals surface area contributed by atoms with E-state index in [0.717, 1.165) is 5.56 Å². The molecule has 0 aliphatic carbocycles. The number of halogens is 2. The summed E-state index contributed by atoms with van der Waals surface area (Å²) in [6.07, 6.45) is 0.466. The van der Waals surface area contributed by atoms with Crippen molar-refractivity contribution in [1.29, 1.82) is 0 Å². The van der Waals surface area contributed by atoms with Gasteiger partial charge >= 0.3 is 0 Å². The maximum absolute atomic E-state index is 12.4. The molecule has 1 aromatic carbocycles. The highest BCUT2D eigenvalue weighted by Crippen LogP contribution is 2.15. The van der Waals surface area contributed by atoms with Crippen LogP contribution in [0.3, 0.4) is 0 Å². The van der Waals surface area contributed by atoms with Crippen LogP contribution in [0.4, 0.5) is 4.39 Å². The van der Waals surface area contributed by atoms with Gasteiger partial charge in [0.2, 0.25) is 0 Å². The molecule has 0 atom stereocenters. The third-order valence-corrected chi connectivity index (χ3v) is 1.67. The molecule has 0 aliphatic rings. The maximum Gasteiger partial charge on any atom is 0.123 e. The van der Waals surface area contributed by atoms with Gasteiger partial charge in [0, 0.05) is 0 Å². The summed E-state index contributed by atoms with van der Waals surface area (Å²) < 4.78 is 11.5. The van der Waals surface area contributed by atoms with Gasteiger partial charge in [0.1, 0.15) is 5.82 Å². The zero-order chi connectivity index (χ0) is 9.19. The average molecular weight is 223 g/mol. The van der Waals surface area contributed by atoms with E-state index in [9.17, 15) is 4.39 Å². The van der Waals surface area contributed by atoms with Gasteiger partial charge in [0.15, 0.2) is 0 Å². The van der Waals surface area contributed by atoms with Crippen LogP contribution in [0.25, 0.3) is 0 Å². The lowest BCUT2D eigenvalue weighted by molar-refractivity contribution is 0.627. The fraction of sp³-hybridized carbons (Fsp3) is 0.250. The van der Waals surface area contributed by atoms with E-state index in [1.54, 1.807) is 12.1 Å². The number of rotatable bonds is 2. The standard InChI is InChI=1S/C8H6B2BrF/c9-8(10,11)5-6-1-3-7(12)4-2-6/h1-4H,5H2. The highest BCUT2D eigenvalue weighted by atomic mass is 79.9. The van der Waals surface area contributed by atoms with Crippen LogP contribution in [0.15, 0.2) is 24.3 Å². The molecule has 4 radical (unpaired) electrons. The van der Waals surface area contributed by atoms with Crippen LogP contribution in [0.2, 0.25) is 0 Å². The largest absolute Gasteiger partial charge is 0.207 e. The minimum Gasteiger partial charge on any atom is -0.207 e. The van der Waals surface area contributed by atoms with E-state index in [-0.39, 0.29) is 5.82 Å². The fourth-order valence-corrected chi connectivity index (χ4v) is 1.24. The number of hydrogen-bond acceptors (Lipinski definition) is 0. The average Bonchev–Trinajstić information content (AvgIpc) is 1.91. The Hall–Kier alpha value is -0.240. The molecule has 0 spiro atoms. The van der Waals surface area contributed by atoms with Crippen molar-refractivity contribution in [3.8, 4) is 0 Å². The smallest absolute Gasteiger partial charge is 0.123 e. The van der Waals surface area contributed by atoms with Crippen molar-refractivity contribution in [2.75, 3.05) is 0 Å². The van der Waals surface area contributed by atoms with Crippen LogP contribution < -0.4 is 0 Å². The van der Waals surface area contributed by atoms with Crippen molar-refractivity contribution >= 4 is 31.6 Å². The Kier molecular flexibility index (Phi) is 2.99. The lowest BCUT2D eigenvalue weighted by Crippen LogP contribution is -2.23.